The molecule has 0 atom stereocenters. The van der Waals surface area contributed by atoms with Gasteiger partial charge in [0.1, 0.15) is 0 Å². The second-order valence-electron chi connectivity index (χ2n) is 4.06. The molecule has 8 heteroatoms. The van der Waals surface area contributed by atoms with Gasteiger partial charge < -0.3 is 19.9 Å². The fourth-order valence-corrected chi connectivity index (χ4v) is 1.70. The van der Waals surface area contributed by atoms with Crippen LogP contribution in [0.5, 0.6) is 5.75 Å². The summed E-state index contributed by atoms with van der Waals surface area (Å²) in [6.07, 6.45) is 0.572. The molecule has 0 aliphatic carbocycles. The first-order chi connectivity index (χ1) is 10.1. The second-order valence-corrected chi connectivity index (χ2v) is 4.06. The van der Waals surface area contributed by atoms with Gasteiger partial charge in [-0.25, -0.2) is 0 Å². The summed E-state index contributed by atoms with van der Waals surface area (Å²) in [7, 11) is 1.28. The smallest absolute Gasteiger partial charge is 0.311 e. The molecule has 1 aromatic rings. The molecule has 0 aliphatic rings. The Balaban J connectivity index is 2.62. The van der Waals surface area contributed by atoms with Crippen LogP contribution in [0.2, 0.25) is 0 Å². The molecule has 21 heavy (non-hydrogen) atoms. The molecule has 2 N–H and O–H groups in total. The van der Waals surface area contributed by atoms with E-state index in [1.165, 1.54) is 25.3 Å². The Hall–Kier alpha value is -2.19. The van der Waals surface area contributed by atoms with Gasteiger partial charge in [0.15, 0.2) is 0 Å². The number of aliphatic hydroxyl groups is 1. The van der Waals surface area contributed by atoms with Crippen molar-refractivity contribution in [2.75, 3.05) is 33.5 Å². The van der Waals surface area contributed by atoms with Gasteiger partial charge in [0.05, 0.1) is 30.8 Å². The molecular weight excluding hydrogens is 280 g/mol. The van der Waals surface area contributed by atoms with E-state index in [1.54, 1.807) is 0 Å². The van der Waals surface area contributed by atoms with Crippen LogP contribution in [0, 0.1) is 10.1 Å². The molecule has 1 amide bonds. The molecule has 0 bridgehead atoms. The number of aliphatic hydroxyl groups excluding tert-OH is 1. The zero-order valence-electron chi connectivity index (χ0n) is 11.7. The summed E-state index contributed by atoms with van der Waals surface area (Å²) < 4.78 is 10.0. The highest BCUT2D eigenvalue weighted by Gasteiger charge is 2.22. The summed E-state index contributed by atoms with van der Waals surface area (Å²) >= 11 is 0. The lowest BCUT2D eigenvalue weighted by molar-refractivity contribution is -0.385. The molecule has 8 nitrogen and oxygen atoms in total. The Kier molecular flexibility index (Phi) is 7.13. The van der Waals surface area contributed by atoms with Crippen LogP contribution >= 0.6 is 0 Å². The highest BCUT2D eigenvalue weighted by molar-refractivity contribution is 5.98. The standard InChI is InChI=1S/C13H18N2O6/c1-20-12-10(4-2-5-11(12)15(18)19)13(17)14-6-3-8-21-9-7-16/h2,4-5,16H,3,6-9H2,1H3,(H,14,17). The fraction of sp³-hybridized carbons (Fsp3) is 0.462. The van der Waals surface area contributed by atoms with Crippen LogP contribution < -0.4 is 10.1 Å². The van der Waals surface area contributed by atoms with Crippen LogP contribution in [0.1, 0.15) is 16.8 Å². The number of carbonyl (C=O) groups excluding carboxylic acids is 1. The van der Waals surface area contributed by atoms with Crippen molar-refractivity contribution >= 4 is 11.6 Å². The summed E-state index contributed by atoms with van der Waals surface area (Å²) in [6, 6.07) is 4.17. The van der Waals surface area contributed by atoms with Gasteiger partial charge in [0, 0.05) is 19.2 Å². The van der Waals surface area contributed by atoms with Crippen molar-refractivity contribution in [1.29, 1.82) is 0 Å². The number of amides is 1. The molecular formula is C13H18N2O6. The average molecular weight is 298 g/mol. The van der Waals surface area contributed by atoms with Crippen molar-refractivity contribution in [3.8, 4) is 5.75 Å². The Morgan fingerprint density at radius 3 is 2.81 bits per heavy atom. The lowest BCUT2D eigenvalue weighted by Gasteiger charge is -2.09. The minimum absolute atomic E-state index is 0.0444. The van der Waals surface area contributed by atoms with Gasteiger partial charge in [-0.2, -0.15) is 0 Å². The van der Waals surface area contributed by atoms with Crippen LogP contribution in [0.25, 0.3) is 0 Å². The van der Waals surface area contributed by atoms with E-state index in [-0.39, 0.29) is 30.2 Å². The molecule has 1 rings (SSSR count). The average Bonchev–Trinajstić information content (AvgIpc) is 2.49. The molecule has 0 unspecified atom stereocenters. The number of rotatable bonds is 9. The molecule has 0 aliphatic heterocycles. The third kappa shape index (κ3) is 5.01. The number of hydrogen-bond donors (Lipinski definition) is 2. The molecule has 0 aromatic heterocycles. The van der Waals surface area contributed by atoms with Gasteiger partial charge in [-0.3, -0.25) is 14.9 Å². The lowest BCUT2D eigenvalue weighted by atomic mass is 10.1. The molecule has 0 saturated carbocycles. The van der Waals surface area contributed by atoms with Crippen molar-refractivity contribution in [1.82, 2.24) is 5.32 Å². The first-order valence-corrected chi connectivity index (χ1v) is 6.40. The minimum Gasteiger partial charge on any atom is -0.490 e. The van der Waals surface area contributed by atoms with Crippen LogP contribution in [0.15, 0.2) is 18.2 Å². The number of nitrogens with zero attached hydrogens (tertiary/aromatic N) is 1. The number of nitrogens with one attached hydrogen (secondary N) is 1. The maximum atomic E-state index is 12.0. The zero-order chi connectivity index (χ0) is 15.7. The van der Waals surface area contributed by atoms with Gasteiger partial charge in [-0.05, 0) is 12.5 Å². The maximum absolute atomic E-state index is 12.0. The quantitative estimate of drug-likeness (QED) is 0.395. The molecule has 116 valence electrons. The fourth-order valence-electron chi connectivity index (χ4n) is 1.70. The topological polar surface area (TPSA) is 111 Å². The monoisotopic (exact) mass is 298 g/mol. The first kappa shape index (κ1) is 16.9. The maximum Gasteiger partial charge on any atom is 0.311 e. The van der Waals surface area contributed by atoms with Gasteiger partial charge in [0.25, 0.3) is 5.91 Å². The Bertz CT molecular complexity index is 492. The normalized spacial score (nSPS) is 10.2. The van der Waals surface area contributed by atoms with Gasteiger partial charge in [-0.15, -0.1) is 0 Å². The van der Waals surface area contributed by atoms with Crippen LogP contribution in [0.4, 0.5) is 5.69 Å². The third-order valence-electron chi connectivity index (χ3n) is 2.63. The van der Waals surface area contributed by atoms with E-state index in [0.717, 1.165) is 0 Å². The molecule has 0 spiro atoms. The molecule has 0 fully saturated rings. The number of para-hydroxylation sites is 1. The van der Waals surface area contributed by atoms with Gasteiger partial charge in [-0.1, -0.05) is 6.07 Å². The number of methoxy groups -OCH3 is 1. The number of ether oxygens (including phenoxy) is 2. The van der Waals surface area contributed by atoms with Crippen molar-refractivity contribution in [2.24, 2.45) is 0 Å². The highest BCUT2D eigenvalue weighted by atomic mass is 16.6. The summed E-state index contributed by atoms with van der Waals surface area (Å²) in [6.45, 7) is 0.979. The molecule has 0 radical (unpaired) electrons. The highest BCUT2D eigenvalue weighted by Crippen LogP contribution is 2.30. The van der Waals surface area contributed by atoms with E-state index in [0.29, 0.717) is 19.6 Å². The Morgan fingerprint density at radius 1 is 1.43 bits per heavy atom. The summed E-state index contributed by atoms with van der Waals surface area (Å²) in [4.78, 5) is 22.3. The van der Waals surface area contributed by atoms with Crippen LogP contribution in [-0.4, -0.2) is 49.4 Å². The van der Waals surface area contributed by atoms with E-state index in [2.05, 4.69) is 5.32 Å². The SMILES string of the molecule is COc1c(C(=O)NCCCOCCO)cccc1[N+](=O)[O-]. The van der Waals surface area contributed by atoms with Gasteiger partial charge >= 0.3 is 5.69 Å². The van der Waals surface area contributed by atoms with Gasteiger partial charge in [0.2, 0.25) is 5.75 Å². The zero-order valence-corrected chi connectivity index (χ0v) is 11.7. The van der Waals surface area contributed by atoms with Crippen LogP contribution in [0.3, 0.4) is 0 Å². The number of carbonyl (C=O) groups is 1. The number of nitro benzene ring substituents is 1. The molecule has 0 saturated heterocycles. The minimum atomic E-state index is -0.599. The third-order valence-corrected chi connectivity index (χ3v) is 2.63. The lowest BCUT2D eigenvalue weighted by Crippen LogP contribution is -2.26. The van der Waals surface area contributed by atoms with Crippen molar-refractivity contribution in [3.05, 3.63) is 33.9 Å². The Morgan fingerprint density at radius 2 is 2.19 bits per heavy atom. The predicted molar refractivity (Wildman–Crippen MR) is 74.5 cm³/mol. The van der Waals surface area contributed by atoms with E-state index in [4.69, 9.17) is 14.6 Å². The van der Waals surface area contributed by atoms with Crippen LogP contribution in [-0.2, 0) is 4.74 Å². The Labute approximate surface area is 121 Å². The number of hydrogen-bond acceptors (Lipinski definition) is 6. The number of nitro groups is 1. The summed E-state index contributed by atoms with van der Waals surface area (Å²) in [5.41, 5.74) is -0.139. The van der Waals surface area contributed by atoms with Crippen molar-refractivity contribution in [3.63, 3.8) is 0 Å². The predicted octanol–water partition coefficient (Wildman–Crippen LogP) is 0.732. The van der Waals surface area contributed by atoms with E-state index in [9.17, 15) is 14.9 Å². The summed E-state index contributed by atoms with van der Waals surface area (Å²) in [5, 5.41) is 22.0. The van der Waals surface area contributed by atoms with E-state index >= 15 is 0 Å². The van der Waals surface area contributed by atoms with Crippen molar-refractivity contribution in [2.45, 2.75) is 6.42 Å². The second kappa shape index (κ2) is 8.88. The van der Waals surface area contributed by atoms with E-state index in [1.807, 2.05) is 0 Å². The first-order valence-electron chi connectivity index (χ1n) is 6.40. The van der Waals surface area contributed by atoms with E-state index < -0.39 is 10.8 Å². The number of benzene rings is 1. The summed E-state index contributed by atoms with van der Waals surface area (Å²) in [5.74, 6) is -0.505. The van der Waals surface area contributed by atoms with Crippen molar-refractivity contribution < 1.29 is 24.3 Å². The largest absolute Gasteiger partial charge is 0.490 e. The molecule has 1 aromatic carbocycles. The molecule has 0 heterocycles.